The predicted octanol–water partition coefficient (Wildman–Crippen LogP) is 6.59. The molecule has 0 amide bonds. The summed E-state index contributed by atoms with van der Waals surface area (Å²) in [7, 11) is 0. The second-order valence-corrected chi connectivity index (χ2v) is 16.9. The Morgan fingerprint density at radius 2 is 0.926 bits per heavy atom. The highest BCUT2D eigenvalue weighted by atomic mass is 16.7. The van der Waals surface area contributed by atoms with Crippen molar-refractivity contribution in [1.82, 2.24) is 0 Å². The molecule has 2 heterocycles. The minimum absolute atomic E-state index is 0.0993. The molecule has 15 nitrogen and oxygen atoms in total. The number of unbranched alkanes of at least 4 members (excludes halogenated alkanes) is 6. The number of hydrogen-bond acceptors (Lipinski definition) is 15. The van der Waals surface area contributed by atoms with Crippen LogP contribution >= 0.6 is 0 Å². The lowest BCUT2D eigenvalue weighted by Gasteiger charge is -2.42. The summed E-state index contributed by atoms with van der Waals surface area (Å²) in [5, 5.41) is 72.0. The maximum Gasteiger partial charge on any atom is 0.306 e. The highest BCUT2D eigenvalue weighted by molar-refractivity contribution is 5.70. The van der Waals surface area contributed by atoms with Gasteiger partial charge in [-0.2, -0.15) is 0 Å². The van der Waals surface area contributed by atoms with Gasteiger partial charge < -0.3 is 64.2 Å². The van der Waals surface area contributed by atoms with Gasteiger partial charge in [-0.25, -0.2) is 0 Å². The molecule has 2 aliphatic rings. The molecule has 7 N–H and O–H groups in total. The summed E-state index contributed by atoms with van der Waals surface area (Å²) in [5.41, 5.74) is 0. The number of carbonyl (C=O) groups excluding carboxylic acids is 2. The molecule has 2 saturated heterocycles. The Morgan fingerprint density at radius 3 is 1.46 bits per heavy atom. The van der Waals surface area contributed by atoms with Crippen LogP contribution in [0, 0.1) is 0 Å². The first-order chi connectivity index (χ1) is 33.0. The van der Waals surface area contributed by atoms with Gasteiger partial charge in [0, 0.05) is 12.8 Å². The Hall–Kier alpha value is -3.58. The lowest BCUT2D eigenvalue weighted by Crippen LogP contribution is -2.61. The molecule has 386 valence electrons. The van der Waals surface area contributed by atoms with Gasteiger partial charge in [0.05, 0.1) is 19.8 Å². The van der Waals surface area contributed by atoms with Gasteiger partial charge in [-0.1, -0.05) is 124 Å². The SMILES string of the molecule is CC/C=C/C/C=C/C/C=C/C/C=C/CCCCC(=O)O[C@@H](COC(=O)CCCCC/C=C/C/C=C/C/C=C/C/C=C/CCC)CO[C@@H]1O[C@H](CO[C@@H]2O[C@H](CO)[C@H](O)C(O)C2O)[C@H](O)C(O)C1O. The van der Waals surface area contributed by atoms with E-state index in [0.717, 1.165) is 83.5 Å². The number of hydrogen-bond donors (Lipinski definition) is 7. The van der Waals surface area contributed by atoms with Crippen molar-refractivity contribution in [3.63, 3.8) is 0 Å². The molecular weight excluding hydrogens is 877 g/mol. The van der Waals surface area contributed by atoms with Crippen LogP contribution in [-0.2, 0) is 38.0 Å². The molecule has 68 heavy (non-hydrogen) atoms. The van der Waals surface area contributed by atoms with E-state index in [4.69, 9.17) is 28.4 Å². The zero-order valence-electron chi connectivity index (χ0n) is 40.5. The monoisotopic (exact) mass is 961 g/mol. The van der Waals surface area contributed by atoms with Gasteiger partial charge in [0.15, 0.2) is 18.7 Å². The highest BCUT2D eigenvalue weighted by Gasteiger charge is 2.47. The smallest absolute Gasteiger partial charge is 0.306 e. The first-order valence-corrected chi connectivity index (χ1v) is 24.8. The first kappa shape index (κ1) is 60.5. The summed E-state index contributed by atoms with van der Waals surface area (Å²) in [5.74, 6) is -1.02. The molecule has 0 aromatic heterocycles. The van der Waals surface area contributed by atoms with Crippen molar-refractivity contribution in [2.45, 2.75) is 197 Å². The van der Waals surface area contributed by atoms with Crippen LogP contribution in [0.1, 0.15) is 129 Å². The van der Waals surface area contributed by atoms with Crippen LogP contribution < -0.4 is 0 Å². The van der Waals surface area contributed by atoms with Crippen molar-refractivity contribution in [3.05, 3.63) is 97.2 Å². The molecule has 0 aromatic rings. The molecule has 0 aromatic carbocycles. The summed E-state index contributed by atoms with van der Waals surface area (Å²) < 4.78 is 33.4. The van der Waals surface area contributed by atoms with E-state index in [0.29, 0.717) is 12.8 Å². The average Bonchev–Trinajstić information content (AvgIpc) is 3.33. The molecule has 0 saturated carbocycles. The molecule has 4 unspecified atom stereocenters. The van der Waals surface area contributed by atoms with Gasteiger partial charge in [-0.15, -0.1) is 0 Å². The average molecular weight is 961 g/mol. The van der Waals surface area contributed by atoms with Crippen molar-refractivity contribution in [3.8, 4) is 0 Å². The molecule has 0 aliphatic carbocycles. The zero-order chi connectivity index (χ0) is 49.6. The van der Waals surface area contributed by atoms with Gasteiger partial charge in [0.25, 0.3) is 0 Å². The Morgan fingerprint density at radius 1 is 0.485 bits per heavy atom. The Bertz CT molecular complexity index is 1550. The maximum absolute atomic E-state index is 13.0. The van der Waals surface area contributed by atoms with Crippen LogP contribution in [0.25, 0.3) is 0 Å². The zero-order valence-corrected chi connectivity index (χ0v) is 40.5. The van der Waals surface area contributed by atoms with E-state index in [1.165, 1.54) is 6.42 Å². The summed E-state index contributed by atoms with van der Waals surface area (Å²) in [6.07, 6.45) is 31.5. The number of esters is 2. The maximum atomic E-state index is 13.0. The fraction of sp³-hybridized carbons (Fsp3) is 0.660. The van der Waals surface area contributed by atoms with Crippen LogP contribution in [0.4, 0.5) is 0 Å². The topological polar surface area (TPSA) is 231 Å². The number of aliphatic hydroxyl groups excluding tert-OH is 7. The summed E-state index contributed by atoms with van der Waals surface area (Å²) in [4.78, 5) is 25.7. The van der Waals surface area contributed by atoms with E-state index in [1.54, 1.807) is 0 Å². The number of rotatable bonds is 36. The summed E-state index contributed by atoms with van der Waals surface area (Å²) in [6, 6.07) is 0. The minimum atomic E-state index is -1.78. The van der Waals surface area contributed by atoms with Crippen LogP contribution in [0.3, 0.4) is 0 Å². The number of ether oxygens (including phenoxy) is 6. The fourth-order valence-electron chi connectivity index (χ4n) is 6.96. The van der Waals surface area contributed by atoms with Crippen molar-refractivity contribution in [1.29, 1.82) is 0 Å². The minimum Gasteiger partial charge on any atom is -0.462 e. The van der Waals surface area contributed by atoms with Gasteiger partial charge in [0.2, 0.25) is 0 Å². The Balaban J connectivity index is 1.86. The third-order valence-electron chi connectivity index (χ3n) is 11.0. The van der Waals surface area contributed by atoms with Gasteiger partial charge >= 0.3 is 11.9 Å². The van der Waals surface area contributed by atoms with Crippen molar-refractivity contribution >= 4 is 11.9 Å². The van der Waals surface area contributed by atoms with E-state index in [1.807, 2.05) is 0 Å². The number of aliphatic hydroxyl groups is 7. The van der Waals surface area contributed by atoms with Crippen molar-refractivity contribution in [2.24, 2.45) is 0 Å². The van der Waals surface area contributed by atoms with E-state index in [9.17, 15) is 45.3 Å². The van der Waals surface area contributed by atoms with E-state index in [-0.39, 0.29) is 19.4 Å². The van der Waals surface area contributed by atoms with Crippen LogP contribution in [0.15, 0.2) is 97.2 Å². The Kier molecular flexibility index (Phi) is 34.9. The lowest BCUT2D eigenvalue weighted by molar-refractivity contribution is -0.332. The second-order valence-electron chi connectivity index (χ2n) is 16.9. The van der Waals surface area contributed by atoms with Crippen molar-refractivity contribution in [2.75, 3.05) is 26.4 Å². The van der Waals surface area contributed by atoms with E-state index in [2.05, 4.69) is 111 Å². The van der Waals surface area contributed by atoms with Crippen LogP contribution in [0.5, 0.6) is 0 Å². The summed E-state index contributed by atoms with van der Waals surface area (Å²) in [6.45, 7) is 2.29. The van der Waals surface area contributed by atoms with E-state index >= 15 is 0 Å². The molecule has 0 bridgehead atoms. The quantitative estimate of drug-likeness (QED) is 0.0200. The number of allylic oxidation sites excluding steroid dienone is 16. The molecule has 0 spiro atoms. The highest BCUT2D eigenvalue weighted by Crippen LogP contribution is 2.26. The molecule has 11 atom stereocenters. The molecule has 2 fully saturated rings. The molecular formula is C53H84O15. The number of carbonyl (C=O) groups is 2. The fourth-order valence-corrected chi connectivity index (χ4v) is 6.96. The van der Waals surface area contributed by atoms with E-state index < -0.39 is 99.3 Å². The molecule has 15 heteroatoms. The normalized spacial score (nSPS) is 26.6. The molecule has 2 rings (SSSR count). The molecule has 0 radical (unpaired) electrons. The summed E-state index contributed by atoms with van der Waals surface area (Å²) >= 11 is 0. The van der Waals surface area contributed by atoms with Crippen molar-refractivity contribution < 1.29 is 73.8 Å². The third kappa shape index (κ3) is 27.0. The second kappa shape index (κ2) is 39.2. The van der Waals surface area contributed by atoms with Gasteiger partial charge in [0.1, 0.15) is 55.4 Å². The van der Waals surface area contributed by atoms with Gasteiger partial charge in [-0.3, -0.25) is 9.59 Å². The molecule has 2 aliphatic heterocycles. The largest absolute Gasteiger partial charge is 0.462 e. The first-order valence-electron chi connectivity index (χ1n) is 24.8. The Labute approximate surface area is 405 Å². The van der Waals surface area contributed by atoms with Gasteiger partial charge in [-0.05, 0) is 89.9 Å². The van der Waals surface area contributed by atoms with Crippen LogP contribution in [-0.4, -0.2) is 142 Å². The predicted molar refractivity (Wildman–Crippen MR) is 261 cm³/mol. The standard InChI is InChI=1S/C53H84O15/c1-3-5-7-9-11-13-15-17-19-20-22-23-25-27-29-31-33-35-44(55)63-38-41(66-45(56)36-34-32-30-28-26-24-21-18-16-14-12-10-8-6-4-2)39-64-52-51(62)49(60)47(58)43(68-52)40-65-53-50(61)48(59)46(57)42(37-54)67-53/h6-9,12-15,18-21,23,25-26,28,41-43,46-54,57-62H,3-5,10-11,16-17,22,24,27,29-40H2,1-2H3/b8-6+,9-7+,14-12+,15-13+,20-19+,21-18+,25-23+,28-26+/t41-,42+,43+,46-,47-,48?,49?,50?,51?,52+,53+/m0/s1. The van der Waals surface area contributed by atoms with Crippen LogP contribution in [0.2, 0.25) is 0 Å². The third-order valence-corrected chi connectivity index (χ3v) is 11.0. The lowest BCUT2D eigenvalue weighted by atomic mass is 9.98.